The Morgan fingerprint density at radius 3 is 2.33 bits per heavy atom. The molecule has 0 unspecified atom stereocenters. The number of sulfone groups is 1. The summed E-state index contributed by atoms with van der Waals surface area (Å²) in [6, 6.07) is 17.6. The van der Waals surface area contributed by atoms with Crippen LogP contribution in [0.25, 0.3) is 5.52 Å². The van der Waals surface area contributed by atoms with Gasteiger partial charge in [0, 0.05) is 18.1 Å². The minimum absolute atomic E-state index is 0.0667. The van der Waals surface area contributed by atoms with Gasteiger partial charge in [0.25, 0.3) is 15.9 Å². The number of nitrogens with one attached hydrogen (secondary N) is 2. The molecule has 170 valence electrons. The first-order valence-corrected chi connectivity index (χ1v) is 13.1. The summed E-state index contributed by atoms with van der Waals surface area (Å²) in [5.74, 6) is -0.630. The van der Waals surface area contributed by atoms with Crippen molar-refractivity contribution in [1.82, 2.24) is 9.38 Å². The van der Waals surface area contributed by atoms with E-state index in [-0.39, 0.29) is 15.7 Å². The molecular formula is C22H20N4O5S2. The Kier molecular flexibility index (Phi) is 5.68. The first kappa shape index (κ1) is 22.5. The van der Waals surface area contributed by atoms with Gasteiger partial charge in [-0.25, -0.2) is 21.8 Å². The van der Waals surface area contributed by atoms with Crippen LogP contribution in [0.2, 0.25) is 0 Å². The maximum Gasteiger partial charge on any atom is 0.276 e. The van der Waals surface area contributed by atoms with Crippen LogP contribution in [0.15, 0.2) is 83.0 Å². The summed E-state index contributed by atoms with van der Waals surface area (Å²) in [6.45, 7) is 1.73. The molecule has 2 heterocycles. The first-order valence-electron chi connectivity index (χ1n) is 9.73. The van der Waals surface area contributed by atoms with Crippen molar-refractivity contribution in [2.45, 2.75) is 17.0 Å². The van der Waals surface area contributed by atoms with E-state index in [1.165, 1.54) is 28.8 Å². The van der Waals surface area contributed by atoms with Gasteiger partial charge in [-0.15, -0.1) is 0 Å². The lowest BCUT2D eigenvalue weighted by Gasteiger charge is -2.13. The normalized spacial score (nSPS) is 11.9. The average molecular weight is 485 g/mol. The van der Waals surface area contributed by atoms with Crippen molar-refractivity contribution in [2.24, 2.45) is 0 Å². The van der Waals surface area contributed by atoms with Crippen LogP contribution in [0.5, 0.6) is 0 Å². The molecule has 0 spiro atoms. The van der Waals surface area contributed by atoms with Gasteiger partial charge < -0.3 is 5.32 Å². The average Bonchev–Trinajstić information content (AvgIpc) is 3.17. The summed E-state index contributed by atoms with van der Waals surface area (Å²) < 4.78 is 53.4. The van der Waals surface area contributed by atoms with E-state index in [2.05, 4.69) is 15.0 Å². The van der Waals surface area contributed by atoms with E-state index >= 15 is 0 Å². The molecular weight excluding hydrogens is 464 g/mol. The molecule has 0 aliphatic carbocycles. The molecule has 11 heteroatoms. The van der Waals surface area contributed by atoms with E-state index in [0.717, 1.165) is 6.26 Å². The zero-order valence-corrected chi connectivity index (χ0v) is 19.3. The van der Waals surface area contributed by atoms with Crippen LogP contribution in [-0.4, -0.2) is 38.4 Å². The number of pyridine rings is 1. The zero-order chi connectivity index (χ0) is 23.8. The fourth-order valence-corrected chi connectivity index (χ4v) is 5.16. The summed E-state index contributed by atoms with van der Waals surface area (Å²) in [5.41, 5.74) is 1.52. The Labute approximate surface area is 191 Å². The first-order chi connectivity index (χ1) is 15.6. The van der Waals surface area contributed by atoms with Crippen molar-refractivity contribution in [2.75, 3.05) is 16.3 Å². The number of benzene rings is 2. The number of carbonyl (C=O) groups is 1. The van der Waals surface area contributed by atoms with Gasteiger partial charge >= 0.3 is 0 Å². The number of aryl methyl sites for hydroxylation is 1. The molecule has 2 N–H and O–H groups in total. The minimum atomic E-state index is -3.82. The Balaban J connectivity index is 1.66. The predicted octanol–water partition coefficient (Wildman–Crippen LogP) is 3.10. The Morgan fingerprint density at radius 2 is 1.64 bits per heavy atom. The highest BCUT2D eigenvalue weighted by molar-refractivity contribution is 7.92. The van der Waals surface area contributed by atoms with Crippen molar-refractivity contribution >= 4 is 42.7 Å². The van der Waals surface area contributed by atoms with Crippen LogP contribution < -0.4 is 10.0 Å². The van der Waals surface area contributed by atoms with Gasteiger partial charge in [0.1, 0.15) is 0 Å². The van der Waals surface area contributed by atoms with Crippen molar-refractivity contribution < 1.29 is 21.6 Å². The number of hydrogen-bond acceptors (Lipinski definition) is 6. The molecule has 0 aliphatic heterocycles. The second kappa shape index (κ2) is 8.34. The highest BCUT2D eigenvalue weighted by Crippen LogP contribution is 2.25. The lowest BCUT2D eigenvalue weighted by Crippen LogP contribution is -2.15. The number of hydrogen-bond donors (Lipinski definition) is 2. The van der Waals surface area contributed by atoms with Crippen molar-refractivity contribution in [3.8, 4) is 0 Å². The van der Waals surface area contributed by atoms with Crippen molar-refractivity contribution in [3.05, 3.63) is 84.2 Å². The highest BCUT2D eigenvalue weighted by Gasteiger charge is 2.23. The second-order valence-corrected chi connectivity index (χ2v) is 11.0. The third-order valence-corrected chi connectivity index (χ3v) is 7.19. The molecule has 1 amide bonds. The van der Waals surface area contributed by atoms with Gasteiger partial charge in [0.15, 0.2) is 5.69 Å². The van der Waals surface area contributed by atoms with E-state index in [0.29, 0.717) is 22.5 Å². The lowest BCUT2D eigenvalue weighted by molar-refractivity contribution is 0.102. The fourth-order valence-electron chi connectivity index (χ4n) is 3.24. The summed E-state index contributed by atoms with van der Waals surface area (Å²) >= 11 is 0. The maximum atomic E-state index is 13.0. The molecule has 4 rings (SSSR count). The minimum Gasteiger partial charge on any atom is -0.321 e. The summed E-state index contributed by atoms with van der Waals surface area (Å²) in [4.78, 5) is 17.1. The van der Waals surface area contributed by atoms with Gasteiger partial charge in [-0.3, -0.25) is 13.9 Å². The number of fused-ring (bicyclic) bond motifs is 1. The molecule has 0 radical (unpaired) electrons. The van der Waals surface area contributed by atoms with Crippen LogP contribution in [-0.2, 0) is 19.9 Å². The molecule has 0 saturated carbocycles. The second-order valence-electron chi connectivity index (χ2n) is 7.37. The lowest BCUT2D eigenvalue weighted by atomic mass is 10.2. The number of anilines is 2. The van der Waals surface area contributed by atoms with Crippen molar-refractivity contribution in [1.29, 1.82) is 0 Å². The molecule has 0 saturated heterocycles. The number of sulfonamides is 1. The Hall–Kier alpha value is -3.70. The fraction of sp³-hybridized carbons (Fsp3) is 0.0909. The monoisotopic (exact) mass is 484 g/mol. The van der Waals surface area contributed by atoms with Crippen LogP contribution in [0.4, 0.5) is 11.4 Å². The smallest absolute Gasteiger partial charge is 0.276 e. The molecule has 33 heavy (non-hydrogen) atoms. The summed E-state index contributed by atoms with van der Waals surface area (Å²) in [6.07, 6.45) is 2.53. The van der Waals surface area contributed by atoms with Gasteiger partial charge in [0.2, 0.25) is 15.0 Å². The zero-order valence-electron chi connectivity index (χ0n) is 17.7. The van der Waals surface area contributed by atoms with Gasteiger partial charge in [-0.2, -0.15) is 0 Å². The largest absolute Gasteiger partial charge is 0.321 e. The molecule has 2 aromatic carbocycles. The molecule has 0 bridgehead atoms. The third-order valence-electron chi connectivity index (χ3n) is 4.86. The maximum absolute atomic E-state index is 13.0. The van der Waals surface area contributed by atoms with E-state index in [1.807, 2.05) is 0 Å². The van der Waals surface area contributed by atoms with Gasteiger partial charge in [-0.1, -0.05) is 30.3 Å². The molecule has 0 atom stereocenters. The van der Waals surface area contributed by atoms with Crippen LogP contribution in [0, 0.1) is 6.92 Å². The van der Waals surface area contributed by atoms with Crippen LogP contribution in [0.3, 0.4) is 0 Å². The number of imidazole rings is 1. The van der Waals surface area contributed by atoms with Gasteiger partial charge in [0.05, 0.1) is 16.1 Å². The van der Waals surface area contributed by atoms with E-state index in [1.54, 1.807) is 55.5 Å². The molecule has 4 aromatic rings. The third kappa shape index (κ3) is 4.59. The van der Waals surface area contributed by atoms with E-state index in [4.69, 9.17) is 0 Å². The summed E-state index contributed by atoms with van der Waals surface area (Å²) in [5, 5.41) is 2.42. The van der Waals surface area contributed by atoms with Crippen LogP contribution >= 0.6 is 0 Å². The molecule has 2 aromatic heterocycles. The topological polar surface area (TPSA) is 127 Å². The van der Waals surface area contributed by atoms with E-state index in [9.17, 15) is 21.6 Å². The predicted molar refractivity (Wildman–Crippen MR) is 125 cm³/mol. The molecule has 0 aliphatic rings. The number of nitrogens with zero attached hydrogens (tertiary/aromatic N) is 2. The Morgan fingerprint density at radius 1 is 0.939 bits per heavy atom. The number of rotatable bonds is 6. The quantitative estimate of drug-likeness (QED) is 0.433. The molecule has 0 fully saturated rings. The van der Waals surface area contributed by atoms with Crippen LogP contribution in [0.1, 0.15) is 16.1 Å². The molecule has 9 nitrogen and oxygen atoms in total. The Bertz CT molecular complexity index is 1580. The SMILES string of the molecule is Cc1ccc(NC(=O)c2nc(S(C)(=O)=O)n3ccccc23)cc1NS(=O)(=O)c1ccccc1. The number of carbonyl (C=O) groups excluding carboxylic acids is 1. The summed E-state index contributed by atoms with van der Waals surface area (Å²) in [7, 11) is -7.50. The number of aromatic nitrogens is 2. The standard InChI is InChI=1S/C22H20N4O5S2/c1-15-11-12-16(14-18(15)25-33(30,31)17-8-4-3-5-9-17)23-21(27)20-19-10-6-7-13-26(19)22(24-20)32(2,28)29/h3-14,25H,1-2H3,(H,23,27). The highest BCUT2D eigenvalue weighted by atomic mass is 32.2. The van der Waals surface area contributed by atoms with Crippen molar-refractivity contribution in [3.63, 3.8) is 0 Å². The number of amides is 1. The van der Waals surface area contributed by atoms with Gasteiger partial charge in [-0.05, 0) is 48.9 Å². The van der Waals surface area contributed by atoms with E-state index < -0.39 is 25.8 Å².